The Hall–Kier alpha value is -2.02. The number of nitrogens with two attached hydrogens (primary N) is 1. The summed E-state index contributed by atoms with van der Waals surface area (Å²) in [7, 11) is 0. The lowest BCUT2D eigenvalue weighted by atomic mass is 9.84. The first-order valence-corrected chi connectivity index (χ1v) is 6.35. The third-order valence-corrected chi connectivity index (χ3v) is 3.51. The number of nitro benzene ring substituents is 1. The lowest BCUT2D eigenvalue weighted by Crippen LogP contribution is -2.28. The van der Waals surface area contributed by atoms with Crippen molar-refractivity contribution >= 4 is 11.5 Å². The molecule has 1 aliphatic heterocycles. The number of aliphatic imine (C=N–C) groups is 1. The van der Waals surface area contributed by atoms with E-state index in [0.29, 0.717) is 19.4 Å². The Bertz CT molecular complexity index is 562. The van der Waals surface area contributed by atoms with E-state index in [9.17, 15) is 14.5 Å². The number of benzene rings is 1. The lowest BCUT2D eigenvalue weighted by Gasteiger charge is -2.28. The molecule has 0 fully saturated rings. The van der Waals surface area contributed by atoms with Gasteiger partial charge in [0.2, 0.25) is 0 Å². The van der Waals surface area contributed by atoms with Crippen LogP contribution in [0.3, 0.4) is 0 Å². The van der Waals surface area contributed by atoms with Crippen LogP contribution in [0, 0.1) is 15.9 Å². The first-order valence-electron chi connectivity index (χ1n) is 6.35. The maximum Gasteiger partial charge on any atom is 0.270 e. The van der Waals surface area contributed by atoms with Gasteiger partial charge in [0, 0.05) is 30.7 Å². The molecule has 1 unspecified atom stereocenters. The molecule has 0 saturated heterocycles. The number of hydrogen-bond donors (Lipinski definition) is 1. The van der Waals surface area contributed by atoms with Crippen LogP contribution in [-0.4, -0.2) is 24.0 Å². The maximum absolute atomic E-state index is 14.1. The summed E-state index contributed by atoms with van der Waals surface area (Å²) >= 11 is 0. The van der Waals surface area contributed by atoms with E-state index in [1.54, 1.807) is 0 Å². The van der Waals surface area contributed by atoms with Gasteiger partial charge < -0.3 is 10.5 Å². The highest BCUT2D eigenvalue weighted by molar-refractivity contribution is 5.82. The third kappa shape index (κ3) is 2.62. The van der Waals surface area contributed by atoms with Gasteiger partial charge in [-0.2, -0.15) is 0 Å². The molecule has 108 valence electrons. The third-order valence-electron chi connectivity index (χ3n) is 3.51. The van der Waals surface area contributed by atoms with Gasteiger partial charge in [-0.15, -0.1) is 0 Å². The Balaban J connectivity index is 2.58. The van der Waals surface area contributed by atoms with Crippen LogP contribution < -0.4 is 5.73 Å². The number of halogens is 1. The van der Waals surface area contributed by atoms with Crippen molar-refractivity contribution in [2.24, 2.45) is 10.7 Å². The van der Waals surface area contributed by atoms with Crippen LogP contribution in [0.15, 0.2) is 23.2 Å². The van der Waals surface area contributed by atoms with Gasteiger partial charge in [0.25, 0.3) is 5.69 Å². The topological polar surface area (TPSA) is 90.8 Å². The van der Waals surface area contributed by atoms with E-state index >= 15 is 0 Å². The van der Waals surface area contributed by atoms with Crippen LogP contribution in [0.1, 0.15) is 25.3 Å². The first kappa shape index (κ1) is 14.4. The molecule has 1 aliphatic rings. The number of non-ortho nitro benzene ring substituents is 1. The molecule has 0 bridgehead atoms. The highest BCUT2D eigenvalue weighted by Crippen LogP contribution is 2.37. The number of rotatable bonds is 3. The fourth-order valence-electron chi connectivity index (χ4n) is 2.41. The monoisotopic (exact) mass is 281 g/mol. The fraction of sp³-hybridized carbons (Fsp3) is 0.462. The number of nitro groups is 1. The Kier molecular flexibility index (Phi) is 3.99. The summed E-state index contributed by atoms with van der Waals surface area (Å²) in [4.78, 5) is 14.7. The Morgan fingerprint density at radius 3 is 3.00 bits per heavy atom. The predicted molar refractivity (Wildman–Crippen MR) is 72.1 cm³/mol. The lowest BCUT2D eigenvalue weighted by molar-refractivity contribution is -0.385. The van der Waals surface area contributed by atoms with E-state index in [4.69, 9.17) is 10.5 Å². The molecular weight excluding hydrogens is 265 g/mol. The van der Waals surface area contributed by atoms with Gasteiger partial charge in [-0.25, -0.2) is 4.39 Å². The molecule has 0 radical (unpaired) electrons. The van der Waals surface area contributed by atoms with Gasteiger partial charge in [-0.05, 0) is 12.5 Å². The minimum Gasteiger partial charge on any atom is -0.386 e. The van der Waals surface area contributed by atoms with Gasteiger partial charge in [0.1, 0.15) is 18.3 Å². The minimum absolute atomic E-state index is 0.159. The van der Waals surface area contributed by atoms with Crippen LogP contribution in [0.25, 0.3) is 0 Å². The van der Waals surface area contributed by atoms with Crippen molar-refractivity contribution in [3.8, 4) is 0 Å². The van der Waals surface area contributed by atoms with Crippen LogP contribution in [0.2, 0.25) is 0 Å². The van der Waals surface area contributed by atoms with Gasteiger partial charge >= 0.3 is 0 Å². The zero-order chi connectivity index (χ0) is 14.8. The molecule has 6 nitrogen and oxygen atoms in total. The molecule has 1 heterocycles. The number of hydrogen-bond acceptors (Lipinski definition) is 5. The quantitative estimate of drug-likeness (QED) is 0.678. The standard InChI is InChI=1S/C13H16FN3O3/c1-2-13(5-6-20-8-12(15)16-13)10-7-9(17(18)19)3-4-11(10)14/h3-4,7H,2,5-6,8H2,1H3,(H2,15,16). The van der Waals surface area contributed by atoms with E-state index in [1.165, 1.54) is 6.07 Å². The normalized spacial score (nSPS) is 23.0. The van der Waals surface area contributed by atoms with Crippen molar-refractivity contribution in [2.45, 2.75) is 25.3 Å². The molecular formula is C13H16FN3O3. The molecule has 1 atom stereocenters. The van der Waals surface area contributed by atoms with Crippen molar-refractivity contribution in [1.29, 1.82) is 0 Å². The largest absolute Gasteiger partial charge is 0.386 e. The first-order chi connectivity index (χ1) is 9.48. The van der Waals surface area contributed by atoms with Gasteiger partial charge in [-0.1, -0.05) is 6.92 Å². The number of nitrogens with zero attached hydrogens (tertiary/aromatic N) is 2. The molecule has 0 aliphatic carbocycles. The second-order valence-corrected chi connectivity index (χ2v) is 4.71. The second-order valence-electron chi connectivity index (χ2n) is 4.71. The summed E-state index contributed by atoms with van der Waals surface area (Å²) < 4.78 is 19.4. The van der Waals surface area contributed by atoms with Crippen molar-refractivity contribution in [3.05, 3.63) is 39.7 Å². The Morgan fingerprint density at radius 2 is 2.35 bits per heavy atom. The summed E-state index contributed by atoms with van der Waals surface area (Å²) in [5.41, 5.74) is 4.87. The van der Waals surface area contributed by atoms with Crippen molar-refractivity contribution in [2.75, 3.05) is 13.2 Å². The second kappa shape index (κ2) is 5.54. The Morgan fingerprint density at radius 1 is 1.60 bits per heavy atom. The number of amidine groups is 1. The molecule has 0 amide bonds. The van der Waals surface area contributed by atoms with E-state index in [0.717, 1.165) is 12.1 Å². The highest BCUT2D eigenvalue weighted by atomic mass is 19.1. The van der Waals surface area contributed by atoms with Gasteiger partial charge in [0.15, 0.2) is 0 Å². The summed E-state index contributed by atoms with van der Waals surface area (Å²) in [5, 5.41) is 10.9. The molecule has 0 spiro atoms. The average Bonchev–Trinajstić information content (AvgIpc) is 2.61. The zero-order valence-electron chi connectivity index (χ0n) is 11.1. The molecule has 0 saturated carbocycles. The van der Waals surface area contributed by atoms with Crippen molar-refractivity contribution in [1.82, 2.24) is 0 Å². The molecule has 1 aromatic rings. The molecule has 2 rings (SSSR count). The highest BCUT2D eigenvalue weighted by Gasteiger charge is 2.35. The van der Waals surface area contributed by atoms with E-state index in [1.807, 2.05) is 6.92 Å². The summed E-state index contributed by atoms with van der Waals surface area (Å²) in [6.07, 6.45) is 0.914. The van der Waals surface area contributed by atoms with Crippen LogP contribution in [0.4, 0.5) is 10.1 Å². The Labute approximate surface area is 115 Å². The van der Waals surface area contributed by atoms with Crippen LogP contribution in [0.5, 0.6) is 0 Å². The minimum atomic E-state index is -0.906. The van der Waals surface area contributed by atoms with Crippen molar-refractivity contribution in [3.63, 3.8) is 0 Å². The summed E-state index contributed by atoms with van der Waals surface area (Å²) in [6, 6.07) is 3.48. The van der Waals surface area contributed by atoms with Crippen molar-refractivity contribution < 1.29 is 14.1 Å². The zero-order valence-corrected chi connectivity index (χ0v) is 11.1. The fourth-order valence-corrected chi connectivity index (χ4v) is 2.41. The molecule has 20 heavy (non-hydrogen) atoms. The van der Waals surface area contributed by atoms with Crippen LogP contribution in [-0.2, 0) is 10.3 Å². The molecule has 1 aromatic carbocycles. The van der Waals surface area contributed by atoms with Crippen LogP contribution >= 0.6 is 0 Å². The smallest absolute Gasteiger partial charge is 0.270 e. The average molecular weight is 281 g/mol. The predicted octanol–water partition coefficient (Wildman–Crippen LogP) is 2.12. The van der Waals surface area contributed by atoms with Gasteiger partial charge in [0.05, 0.1) is 10.5 Å². The maximum atomic E-state index is 14.1. The summed E-state index contributed by atoms with van der Waals surface area (Å²) in [6.45, 7) is 2.42. The molecule has 0 aromatic heterocycles. The molecule has 2 N–H and O–H groups in total. The molecule has 7 heteroatoms. The van der Waals surface area contributed by atoms with Gasteiger partial charge in [-0.3, -0.25) is 15.1 Å². The number of ether oxygens (including phenoxy) is 1. The van der Waals surface area contributed by atoms with E-state index < -0.39 is 16.3 Å². The summed E-state index contributed by atoms with van der Waals surface area (Å²) in [5.74, 6) is -0.244. The van der Waals surface area contributed by atoms with E-state index in [2.05, 4.69) is 4.99 Å². The SMILES string of the molecule is CCC1(c2cc([N+](=O)[O-])ccc2F)CCOCC(N)=N1. The van der Waals surface area contributed by atoms with E-state index in [-0.39, 0.29) is 23.7 Å².